The number of nitrogens with zero attached hydrogens (tertiary/aromatic N) is 3. The Morgan fingerprint density at radius 1 is 0.347 bits per heavy atom. The topological polar surface area (TPSA) is 29.0 Å². The smallest absolute Gasteiger partial charge is 0.137 e. The molecule has 1 aliphatic carbocycles. The Morgan fingerprint density at radius 2 is 0.918 bits per heavy atom. The molecule has 3 heteroatoms. The van der Waals surface area contributed by atoms with Crippen LogP contribution in [0.25, 0.3) is 77.0 Å². The van der Waals surface area contributed by atoms with Gasteiger partial charge in [0.1, 0.15) is 5.82 Å². The first kappa shape index (κ1) is 27.5. The summed E-state index contributed by atoms with van der Waals surface area (Å²) in [6.45, 7) is 0. The summed E-state index contributed by atoms with van der Waals surface area (Å²) in [4.78, 5) is 11.9. The van der Waals surface area contributed by atoms with Gasteiger partial charge in [0, 0.05) is 23.2 Å². The van der Waals surface area contributed by atoms with Crippen LogP contribution in [0.3, 0.4) is 0 Å². The van der Waals surface area contributed by atoms with Crippen LogP contribution in [0.2, 0.25) is 0 Å². The molecule has 0 fully saturated rings. The highest BCUT2D eigenvalue weighted by molar-refractivity contribution is 6.29. The van der Waals surface area contributed by atoms with E-state index in [-0.39, 0.29) is 0 Å². The molecule has 0 N–H and O–H groups in total. The predicted octanol–water partition coefficient (Wildman–Crippen LogP) is 12.4. The van der Waals surface area contributed by atoms with Gasteiger partial charge in [-0.15, -0.1) is 0 Å². The van der Waals surface area contributed by atoms with Gasteiger partial charge < -0.3 is 0 Å². The van der Waals surface area contributed by atoms with E-state index in [4.69, 9.17) is 9.97 Å². The molecule has 3 nitrogen and oxygen atoms in total. The van der Waals surface area contributed by atoms with E-state index in [0.29, 0.717) is 0 Å². The van der Waals surface area contributed by atoms with Gasteiger partial charge in [0.25, 0.3) is 0 Å². The Labute approximate surface area is 284 Å². The molecule has 0 amide bonds. The number of anilines is 3. The van der Waals surface area contributed by atoms with Crippen molar-refractivity contribution in [3.8, 4) is 44.5 Å². The zero-order valence-electron chi connectivity index (χ0n) is 26.6. The lowest BCUT2D eigenvalue weighted by atomic mass is 9.82. The molecule has 49 heavy (non-hydrogen) atoms. The molecular weight excluding hydrogens is 595 g/mol. The van der Waals surface area contributed by atoms with Crippen LogP contribution in [0.15, 0.2) is 176 Å². The number of fused-ring (bicyclic) bond motifs is 5. The summed E-state index contributed by atoms with van der Waals surface area (Å²) in [5.74, 6) is 0.857. The summed E-state index contributed by atoms with van der Waals surface area (Å²) < 4.78 is 0. The fourth-order valence-electron chi connectivity index (χ4n) is 7.93. The van der Waals surface area contributed by atoms with E-state index < -0.39 is 0 Å². The SMILES string of the molecule is c1ccc(-c2c3c(c(-c4ccccc4)c4ccccc24)-c2ccc(N(c4ccccn4)c4ccnc5ccccc45)c4cccc-3c24)cc1. The van der Waals surface area contributed by atoms with Gasteiger partial charge in [0.05, 0.1) is 16.9 Å². The monoisotopic (exact) mass is 623 g/mol. The summed E-state index contributed by atoms with van der Waals surface area (Å²) >= 11 is 0. The summed E-state index contributed by atoms with van der Waals surface area (Å²) in [5, 5.41) is 6.04. The van der Waals surface area contributed by atoms with Crippen LogP contribution >= 0.6 is 0 Å². The van der Waals surface area contributed by atoms with Crippen LogP contribution in [0, 0.1) is 0 Å². The van der Waals surface area contributed by atoms with Crippen molar-refractivity contribution in [1.82, 2.24) is 9.97 Å². The number of hydrogen-bond donors (Lipinski definition) is 0. The van der Waals surface area contributed by atoms with E-state index in [2.05, 4.69) is 157 Å². The van der Waals surface area contributed by atoms with Crippen molar-refractivity contribution < 1.29 is 0 Å². The van der Waals surface area contributed by atoms with Crippen molar-refractivity contribution in [2.45, 2.75) is 0 Å². The fourth-order valence-corrected chi connectivity index (χ4v) is 7.93. The van der Waals surface area contributed by atoms with Gasteiger partial charge in [-0.25, -0.2) is 4.98 Å². The highest BCUT2D eigenvalue weighted by Crippen LogP contribution is 2.59. The molecule has 0 saturated heterocycles. The maximum Gasteiger partial charge on any atom is 0.137 e. The van der Waals surface area contributed by atoms with Crippen molar-refractivity contribution in [2.75, 3.05) is 4.90 Å². The molecule has 10 rings (SSSR count). The van der Waals surface area contributed by atoms with Gasteiger partial charge in [0.2, 0.25) is 0 Å². The van der Waals surface area contributed by atoms with Crippen LogP contribution < -0.4 is 4.90 Å². The predicted molar refractivity (Wildman–Crippen MR) is 205 cm³/mol. The first-order valence-corrected chi connectivity index (χ1v) is 16.7. The summed E-state index contributed by atoms with van der Waals surface area (Å²) in [7, 11) is 0. The van der Waals surface area contributed by atoms with E-state index in [1.807, 2.05) is 24.5 Å². The van der Waals surface area contributed by atoms with E-state index in [1.54, 1.807) is 0 Å². The molecule has 228 valence electrons. The average molecular weight is 624 g/mol. The van der Waals surface area contributed by atoms with Gasteiger partial charge in [-0.3, -0.25) is 9.88 Å². The molecule has 1 aliphatic rings. The minimum atomic E-state index is 0.857. The second-order valence-electron chi connectivity index (χ2n) is 12.5. The van der Waals surface area contributed by atoms with Crippen LogP contribution in [0.1, 0.15) is 0 Å². The lowest BCUT2D eigenvalue weighted by Gasteiger charge is -2.27. The molecule has 0 bridgehead atoms. The van der Waals surface area contributed by atoms with Crippen molar-refractivity contribution >= 4 is 49.6 Å². The van der Waals surface area contributed by atoms with Crippen LogP contribution in [-0.2, 0) is 0 Å². The summed E-state index contributed by atoms with van der Waals surface area (Å²) in [6, 6.07) is 58.6. The normalized spacial score (nSPS) is 11.7. The maximum atomic E-state index is 4.90. The lowest BCUT2D eigenvalue weighted by Crippen LogP contribution is -2.12. The molecular formula is C46H29N3. The minimum absolute atomic E-state index is 0.857. The molecule has 0 saturated carbocycles. The first-order chi connectivity index (χ1) is 24.4. The highest BCUT2D eigenvalue weighted by Gasteiger charge is 2.32. The van der Waals surface area contributed by atoms with Gasteiger partial charge >= 0.3 is 0 Å². The van der Waals surface area contributed by atoms with Crippen molar-refractivity contribution in [3.05, 3.63) is 176 Å². The van der Waals surface area contributed by atoms with Gasteiger partial charge in [-0.1, -0.05) is 133 Å². The molecule has 2 aromatic heterocycles. The largest absolute Gasteiger partial charge is 0.294 e. The highest BCUT2D eigenvalue weighted by atomic mass is 15.2. The molecule has 0 atom stereocenters. The molecule has 2 heterocycles. The maximum absolute atomic E-state index is 4.90. The third-order valence-corrected chi connectivity index (χ3v) is 9.88. The van der Waals surface area contributed by atoms with E-state index in [1.165, 1.54) is 66.1 Å². The van der Waals surface area contributed by atoms with Crippen molar-refractivity contribution in [2.24, 2.45) is 0 Å². The second-order valence-corrected chi connectivity index (χ2v) is 12.5. The number of para-hydroxylation sites is 1. The first-order valence-electron chi connectivity index (χ1n) is 16.7. The van der Waals surface area contributed by atoms with Crippen molar-refractivity contribution in [3.63, 3.8) is 0 Å². The molecule has 0 spiro atoms. The van der Waals surface area contributed by atoms with Gasteiger partial charge in [-0.05, 0) is 91.0 Å². The zero-order valence-corrected chi connectivity index (χ0v) is 26.6. The molecule has 9 aromatic rings. The Bertz CT molecular complexity index is 2600. The van der Waals surface area contributed by atoms with Gasteiger partial charge in [-0.2, -0.15) is 0 Å². The van der Waals surface area contributed by atoms with Crippen LogP contribution in [-0.4, -0.2) is 9.97 Å². The number of pyridine rings is 2. The molecule has 0 aliphatic heterocycles. The standard InChI is InChI=1S/C46H29N3/c1-3-14-30(15-4-1)42-32-18-7-8-19-33(32)43(31-16-5-2-6-17-31)46-37-25-26-39(35-21-13-22-36(44(35)37)45(42)46)49(41-24-11-12-28-48-41)40-27-29-47-38-23-10-9-20-34(38)40/h1-29H. The fraction of sp³-hybridized carbons (Fsp3) is 0. The Morgan fingerprint density at radius 3 is 1.59 bits per heavy atom. The van der Waals surface area contributed by atoms with Gasteiger partial charge in [0.15, 0.2) is 0 Å². The number of hydrogen-bond acceptors (Lipinski definition) is 3. The quantitative estimate of drug-likeness (QED) is 0.191. The Kier molecular flexibility index (Phi) is 6.18. The molecule has 7 aromatic carbocycles. The second kappa shape index (κ2) is 11.0. The summed E-state index contributed by atoms with van der Waals surface area (Å²) in [5.41, 5.74) is 13.2. The Hall–Kier alpha value is -6.58. The number of aromatic nitrogens is 2. The lowest BCUT2D eigenvalue weighted by molar-refractivity contribution is 1.19. The molecule has 0 unspecified atom stereocenters. The zero-order chi connectivity index (χ0) is 32.3. The third-order valence-electron chi connectivity index (χ3n) is 9.88. The van der Waals surface area contributed by atoms with Crippen LogP contribution in [0.4, 0.5) is 17.2 Å². The minimum Gasteiger partial charge on any atom is -0.294 e. The average Bonchev–Trinajstić information content (AvgIpc) is 3.50. The molecule has 0 radical (unpaired) electrons. The van der Waals surface area contributed by atoms with E-state index in [0.717, 1.165) is 28.1 Å². The summed E-state index contributed by atoms with van der Waals surface area (Å²) in [6.07, 6.45) is 3.76. The number of benzene rings is 7. The number of rotatable bonds is 5. The van der Waals surface area contributed by atoms with E-state index >= 15 is 0 Å². The third kappa shape index (κ3) is 4.16. The Balaban J connectivity index is 1.34. The van der Waals surface area contributed by atoms with E-state index in [9.17, 15) is 0 Å². The van der Waals surface area contributed by atoms with Crippen LogP contribution in [0.5, 0.6) is 0 Å². The van der Waals surface area contributed by atoms with Crippen molar-refractivity contribution in [1.29, 1.82) is 0 Å².